The van der Waals surface area contributed by atoms with Crippen molar-refractivity contribution in [3.05, 3.63) is 23.8 Å². The molecule has 1 aromatic carbocycles. The fourth-order valence-corrected chi connectivity index (χ4v) is 4.73. The van der Waals surface area contributed by atoms with Gasteiger partial charge in [-0.05, 0) is 43.5 Å². The lowest BCUT2D eigenvalue weighted by Crippen LogP contribution is -2.52. The number of nitrogens with zero attached hydrogens (tertiary/aromatic N) is 2. The van der Waals surface area contributed by atoms with Crippen LogP contribution in [0, 0.1) is 12.8 Å². The van der Waals surface area contributed by atoms with Crippen LogP contribution in [0.2, 0.25) is 0 Å². The van der Waals surface area contributed by atoms with Crippen LogP contribution in [0.4, 0.5) is 0 Å². The first-order valence-corrected chi connectivity index (χ1v) is 9.81. The van der Waals surface area contributed by atoms with Crippen molar-refractivity contribution in [3.8, 4) is 5.75 Å². The van der Waals surface area contributed by atoms with E-state index in [-0.39, 0.29) is 16.7 Å². The molecule has 1 saturated carbocycles. The lowest BCUT2D eigenvalue weighted by atomic mass is 9.84. The van der Waals surface area contributed by atoms with Gasteiger partial charge in [0.05, 0.1) is 12.0 Å². The van der Waals surface area contributed by atoms with Crippen LogP contribution >= 0.6 is 0 Å². The molecule has 1 heterocycles. The van der Waals surface area contributed by atoms with Crippen molar-refractivity contribution in [2.24, 2.45) is 5.92 Å². The number of carbonyl (C=O) groups excluding carboxylic acids is 1. The number of rotatable bonds is 4. The highest BCUT2D eigenvalue weighted by molar-refractivity contribution is 7.89. The molecule has 132 valence electrons. The molecule has 1 aliphatic carbocycles. The highest BCUT2D eigenvalue weighted by Gasteiger charge is 2.34. The van der Waals surface area contributed by atoms with E-state index in [1.54, 1.807) is 25.3 Å². The number of carbonyl (C=O) groups is 1. The molecule has 0 N–H and O–H groups in total. The molecule has 1 saturated heterocycles. The summed E-state index contributed by atoms with van der Waals surface area (Å²) in [5.41, 5.74) is 0.789. The SMILES string of the molecule is COc1ccc(S(=O)(=O)N2CCN(C(=O)C3CCC3)CC2)cc1C. The van der Waals surface area contributed by atoms with E-state index in [0.29, 0.717) is 31.9 Å². The van der Waals surface area contributed by atoms with E-state index in [1.165, 1.54) is 4.31 Å². The summed E-state index contributed by atoms with van der Waals surface area (Å²) in [6.45, 7) is 3.48. The van der Waals surface area contributed by atoms with Gasteiger partial charge in [-0.1, -0.05) is 6.42 Å². The van der Waals surface area contributed by atoms with Gasteiger partial charge in [-0.25, -0.2) is 8.42 Å². The summed E-state index contributed by atoms with van der Waals surface area (Å²) < 4.78 is 32.3. The van der Waals surface area contributed by atoms with Crippen LogP contribution in [0.5, 0.6) is 5.75 Å². The van der Waals surface area contributed by atoms with Crippen LogP contribution in [0.1, 0.15) is 24.8 Å². The van der Waals surface area contributed by atoms with E-state index in [1.807, 2.05) is 11.8 Å². The molecule has 0 bridgehead atoms. The molecule has 0 radical (unpaired) electrons. The summed E-state index contributed by atoms with van der Waals surface area (Å²) in [6, 6.07) is 4.89. The molecule has 1 aromatic rings. The molecule has 0 spiro atoms. The van der Waals surface area contributed by atoms with Crippen LogP contribution in [-0.4, -0.2) is 56.8 Å². The molecule has 7 heteroatoms. The number of aryl methyl sites for hydroxylation is 1. The number of methoxy groups -OCH3 is 1. The fraction of sp³-hybridized carbons (Fsp3) is 0.588. The Morgan fingerprint density at radius 3 is 2.33 bits per heavy atom. The average molecular weight is 352 g/mol. The maximum Gasteiger partial charge on any atom is 0.243 e. The van der Waals surface area contributed by atoms with Crippen LogP contribution in [0.3, 0.4) is 0 Å². The van der Waals surface area contributed by atoms with Crippen molar-refractivity contribution >= 4 is 15.9 Å². The Kier molecular flexibility index (Phi) is 4.83. The van der Waals surface area contributed by atoms with Crippen LogP contribution < -0.4 is 4.74 Å². The zero-order valence-electron chi connectivity index (χ0n) is 14.2. The standard InChI is InChI=1S/C17H24N2O4S/c1-13-12-15(6-7-16(13)23-2)24(21,22)19-10-8-18(9-11-19)17(20)14-4-3-5-14/h6-7,12,14H,3-5,8-11H2,1-2H3. The zero-order chi connectivity index (χ0) is 17.3. The van der Waals surface area contributed by atoms with E-state index < -0.39 is 10.0 Å². The third-order valence-corrected chi connectivity index (χ3v) is 6.90. The second kappa shape index (κ2) is 6.72. The highest BCUT2D eigenvalue weighted by atomic mass is 32.2. The summed E-state index contributed by atoms with van der Waals surface area (Å²) >= 11 is 0. The third kappa shape index (κ3) is 3.15. The number of sulfonamides is 1. The fourth-order valence-electron chi connectivity index (χ4n) is 3.22. The summed E-state index contributed by atoms with van der Waals surface area (Å²) in [7, 11) is -1.97. The van der Waals surface area contributed by atoms with Crippen LogP contribution in [0.25, 0.3) is 0 Å². The highest BCUT2D eigenvalue weighted by Crippen LogP contribution is 2.29. The van der Waals surface area contributed by atoms with Gasteiger partial charge in [-0.2, -0.15) is 4.31 Å². The maximum absolute atomic E-state index is 12.8. The largest absolute Gasteiger partial charge is 0.496 e. The van der Waals surface area contributed by atoms with E-state index >= 15 is 0 Å². The minimum Gasteiger partial charge on any atom is -0.496 e. The summed E-state index contributed by atoms with van der Waals surface area (Å²) in [4.78, 5) is 14.4. The number of amides is 1. The molecule has 2 aliphatic rings. The molecule has 2 fully saturated rings. The molecule has 1 aliphatic heterocycles. The quantitative estimate of drug-likeness (QED) is 0.826. The number of piperazine rings is 1. The number of ether oxygens (including phenoxy) is 1. The molecule has 1 amide bonds. The van der Waals surface area contributed by atoms with Crippen molar-refractivity contribution in [2.45, 2.75) is 31.1 Å². The van der Waals surface area contributed by atoms with Gasteiger partial charge in [0.1, 0.15) is 5.75 Å². The second-order valence-corrected chi connectivity index (χ2v) is 8.43. The molecule has 0 unspecified atom stereocenters. The van der Waals surface area contributed by atoms with Gasteiger partial charge in [0.15, 0.2) is 0 Å². The van der Waals surface area contributed by atoms with Gasteiger partial charge in [0, 0.05) is 32.1 Å². The molecule has 24 heavy (non-hydrogen) atoms. The number of hydrogen-bond acceptors (Lipinski definition) is 4. The van der Waals surface area contributed by atoms with Crippen molar-refractivity contribution in [1.29, 1.82) is 0 Å². The minimum absolute atomic E-state index is 0.164. The summed E-state index contributed by atoms with van der Waals surface area (Å²) in [5, 5.41) is 0. The molecule has 0 atom stereocenters. The molecular formula is C17H24N2O4S. The Morgan fingerprint density at radius 1 is 1.17 bits per heavy atom. The lowest BCUT2D eigenvalue weighted by Gasteiger charge is -2.37. The molecule has 3 rings (SSSR count). The van der Waals surface area contributed by atoms with Gasteiger partial charge >= 0.3 is 0 Å². The van der Waals surface area contributed by atoms with E-state index in [4.69, 9.17) is 4.74 Å². The smallest absolute Gasteiger partial charge is 0.243 e. The van der Waals surface area contributed by atoms with Crippen molar-refractivity contribution < 1.29 is 17.9 Å². The Hall–Kier alpha value is -1.60. The van der Waals surface area contributed by atoms with E-state index in [9.17, 15) is 13.2 Å². The molecule has 6 nitrogen and oxygen atoms in total. The van der Waals surface area contributed by atoms with Crippen LogP contribution in [-0.2, 0) is 14.8 Å². The first-order valence-electron chi connectivity index (χ1n) is 8.37. The summed E-state index contributed by atoms with van der Waals surface area (Å²) in [6.07, 6.45) is 3.08. The van der Waals surface area contributed by atoms with Gasteiger partial charge < -0.3 is 9.64 Å². The predicted octanol–water partition coefficient (Wildman–Crippen LogP) is 1.64. The monoisotopic (exact) mass is 352 g/mol. The number of benzene rings is 1. The topological polar surface area (TPSA) is 66.9 Å². The molecule has 0 aromatic heterocycles. The first-order chi connectivity index (χ1) is 11.4. The van der Waals surface area contributed by atoms with Gasteiger partial charge in [-0.3, -0.25) is 4.79 Å². The second-order valence-electron chi connectivity index (χ2n) is 6.49. The zero-order valence-corrected chi connectivity index (χ0v) is 15.0. The van der Waals surface area contributed by atoms with Crippen molar-refractivity contribution in [2.75, 3.05) is 33.3 Å². The van der Waals surface area contributed by atoms with Crippen molar-refractivity contribution in [3.63, 3.8) is 0 Å². The Morgan fingerprint density at radius 2 is 1.83 bits per heavy atom. The predicted molar refractivity (Wildman–Crippen MR) is 90.4 cm³/mol. The van der Waals surface area contributed by atoms with Gasteiger partial charge in [0.25, 0.3) is 0 Å². The Balaban J connectivity index is 1.68. The Labute approximate surface area is 143 Å². The minimum atomic E-state index is -3.53. The van der Waals surface area contributed by atoms with E-state index in [2.05, 4.69) is 0 Å². The first kappa shape index (κ1) is 17.2. The van der Waals surface area contributed by atoms with Gasteiger partial charge in [0.2, 0.25) is 15.9 Å². The Bertz CT molecular complexity index is 720. The third-order valence-electron chi connectivity index (χ3n) is 5.01. The number of hydrogen-bond donors (Lipinski definition) is 0. The normalized spacial score (nSPS) is 19.8. The molecular weight excluding hydrogens is 328 g/mol. The lowest BCUT2D eigenvalue weighted by molar-refractivity contribution is -0.139. The van der Waals surface area contributed by atoms with Gasteiger partial charge in [-0.15, -0.1) is 0 Å². The average Bonchev–Trinajstić information content (AvgIpc) is 2.53. The van der Waals surface area contributed by atoms with Crippen molar-refractivity contribution in [1.82, 2.24) is 9.21 Å². The van der Waals surface area contributed by atoms with E-state index in [0.717, 1.165) is 24.8 Å². The summed E-state index contributed by atoms with van der Waals surface area (Å²) in [5.74, 6) is 1.03. The van der Waals surface area contributed by atoms with Crippen LogP contribution in [0.15, 0.2) is 23.1 Å². The maximum atomic E-state index is 12.8.